The van der Waals surface area contributed by atoms with Crippen molar-refractivity contribution >= 4 is 10.8 Å². The van der Waals surface area contributed by atoms with E-state index >= 15 is 0 Å². The highest BCUT2D eigenvalue weighted by Gasteiger charge is 2.17. The molecule has 0 atom stereocenters. The van der Waals surface area contributed by atoms with Gasteiger partial charge in [-0.3, -0.25) is 9.97 Å². The Hall–Kier alpha value is -3.86. The average molecular weight is 391 g/mol. The second kappa shape index (κ2) is 8.25. The van der Waals surface area contributed by atoms with E-state index in [2.05, 4.69) is 74.9 Å². The fourth-order valence-electron chi connectivity index (χ4n) is 3.84. The van der Waals surface area contributed by atoms with Crippen molar-refractivity contribution in [2.24, 2.45) is 0 Å². The summed E-state index contributed by atoms with van der Waals surface area (Å²) in [7, 11) is 0. The molecule has 146 valence electrons. The van der Waals surface area contributed by atoms with Crippen molar-refractivity contribution in [2.75, 3.05) is 0 Å². The van der Waals surface area contributed by atoms with Gasteiger partial charge in [0.15, 0.2) is 0 Å². The summed E-state index contributed by atoms with van der Waals surface area (Å²) in [4.78, 5) is 8.59. The number of nitrogens with zero attached hydrogens (tertiary/aromatic N) is 5. The highest BCUT2D eigenvalue weighted by molar-refractivity contribution is 5.82. The largest absolute Gasteiger partial charge is 0.264 e. The van der Waals surface area contributed by atoms with Gasteiger partial charge in [-0.1, -0.05) is 53.7 Å². The molecule has 30 heavy (non-hydrogen) atoms. The van der Waals surface area contributed by atoms with E-state index in [9.17, 15) is 0 Å². The average Bonchev–Trinajstić information content (AvgIpc) is 3.25. The molecule has 0 saturated carbocycles. The Bertz CT molecular complexity index is 1210. The summed E-state index contributed by atoms with van der Waals surface area (Å²) in [6.45, 7) is 0.697. The first-order chi connectivity index (χ1) is 14.8. The molecule has 0 spiro atoms. The van der Waals surface area contributed by atoms with Crippen LogP contribution in [0.1, 0.15) is 28.3 Å². The Morgan fingerprint density at radius 3 is 2.20 bits per heavy atom. The fourth-order valence-corrected chi connectivity index (χ4v) is 3.84. The molecule has 5 rings (SSSR count). The Morgan fingerprint density at radius 2 is 1.50 bits per heavy atom. The molecule has 0 unspecified atom stereocenters. The normalized spacial score (nSPS) is 11.2. The van der Waals surface area contributed by atoms with E-state index in [0.29, 0.717) is 6.54 Å². The molecule has 0 aliphatic carbocycles. The van der Waals surface area contributed by atoms with Crippen molar-refractivity contribution in [3.05, 3.63) is 120 Å². The molecule has 3 heterocycles. The number of benzene rings is 2. The van der Waals surface area contributed by atoms with Gasteiger partial charge >= 0.3 is 0 Å². The summed E-state index contributed by atoms with van der Waals surface area (Å²) in [6.07, 6.45) is 10.2. The number of hydrogen-bond acceptors (Lipinski definition) is 4. The zero-order chi connectivity index (χ0) is 20.2. The molecule has 0 amide bonds. The first kappa shape index (κ1) is 18.2. The molecule has 0 radical (unpaired) electrons. The molecule has 5 nitrogen and oxygen atoms in total. The minimum atomic E-state index is 0.137. The molecule has 2 aromatic carbocycles. The van der Waals surface area contributed by atoms with E-state index in [1.165, 1.54) is 16.3 Å². The van der Waals surface area contributed by atoms with E-state index in [0.717, 1.165) is 23.2 Å². The van der Waals surface area contributed by atoms with Crippen molar-refractivity contribution in [3.8, 4) is 0 Å². The third-order valence-corrected chi connectivity index (χ3v) is 5.33. The van der Waals surface area contributed by atoms with E-state index in [-0.39, 0.29) is 5.92 Å². The standard InChI is InChI=1S/C25H21N5/c1-2-6-21-13-19(9-10-20(21)5-1)17-30-18-24(28-29-30)14-25(22-7-3-11-26-15-22)23-8-4-12-27-16-23/h1-13,15-16,18,25H,14,17H2. The van der Waals surface area contributed by atoms with Crippen molar-refractivity contribution in [1.82, 2.24) is 25.0 Å². The van der Waals surface area contributed by atoms with Crippen LogP contribution in [0, 0.1) is 0 Å². The maximum absolute atomic E-state index is 4.44. The van der Waals surface area contributed by atoms with Crippen molar-refractivity contribution in [1.29, 1.82) is 0 Å². The Kier molecular flexibility index (Phi) is 5.00. The second-order valence-corrected chi connectivity index (χ2v) is 7.42. The van der Waals surface area contributed by atoms with Crippen LogP contribution >= 0.6 is 0 Å². The molecule has 5 aromatic rings. The lowest BCUT2D eigenvalue weighted by molar-refractivity contribution is 0.649. The Morgan fingerprint density at radius 1 is 0.767 bits per heavy atom. The number of aromatic nitrogens is 5. The van der Waals surface area contributed by atoms with Crippen LogP contribution in [0.4, 0.5) is 0 Å². The lowest BCUT2D eigenvalue weighted by Crippen LogP contribution is -2.06. The summed E-state index contributed by atoms with van der Waals surface area (Å²) in [5.41, 5.74) is 4.46. The van der Waals surface area contributed by atoms with Crippen LogP contribution in [-0.2, 0) is 13.0 Å². The predicted molar refractivity (Wildman–Crippen MR) is 117 cm³/mol. The SMILES string of the molecule is c1cncc(C(Cc2cn(Cc3ccc4ccccc4c3)nn2)c2cccnc2)c1. The minimum Gasteiger partial charge on any atom is -0.264 e. The molecule has 0 bridgehead atoms. The molecule has 0 N–H and O–H groups in total. The summed E-state index contributed by atoms with van der Waals surface area (Å²) in [5.74, 6) is 0.137. The first-order valence-electron chi connectivity index (χ1n) is 10.0. The van der Waals surface area contributed by atoms with E-state index in [4.69, 9.17) is 0 Å². The van der Waals surface area contributed by atoms with Crippen LogP contribution in [0.15, 0.2) is 97.7 Å². The third-order valence-electron chi connectivity index (χ3n) is 5.33. The van der Waals surface area contributed by atoms with E-state index in [1.807, 2.05) is 35.4 Å². The number of fused-ring (bicyclic) bond motifs is 1. The summed E-state index contributed by atoms with van der Waals surface area (Å²) >= 11 is 0. The van der Waals surface area contributed by atoms with Crippen LogP contribution in [0.3, 0.4) is 0 Å². The molecular weight excluding hydrogens is 370 g/mol. The Labute approximate surface area is 175 Å². The highest BCUT2D eigenvalue weighted by Crippen LogP contribution is 2.27. The van der Waals surface area contributed by atoms with Gasteiger partial charge in [-0.25, -0.2) is 4.68 Å². The van der Waals surface area contributed by atoms with Gasteiger partial charge in [0.1, 0.15) is 0 Å². The second-order valence-electron chi connectivity index (χ2n) is 7.42. The fraction of sp³-hybridized carbons (Fsp3) is 0.120. The lowest BCUT2D eigenvalue weighted by atomic mass is 9.89. The van der Waals surface area contributed by atoms with Crippen molar-refractivity contribution in [2.45, 2.75) is 18.9 Å². The summed E-state index contributed by atoms with van der Waals surface area (Å²) < 4.78 is 1.91. The van der Waals surface area contributed by atoms with E-state index in [1.54, 1.807) is 12.4 Å². The molecule has 0 aliphatic heterocycles. The van der Waals surface area contributed by atoms with Crippen LogP contribution < -0.4 is 0 Å². The Balaban J connectivity index is 1.38. The molecule has 0 aliphatic rings. The monoisotopic (exact) mass is 391 g/mol. The zero-order valence-corrected chi connectivity index (χ0v) is 16.5. The number of rotatable bonds is 6. The highest BCUT2D eigenvalue weighted by atomic mass is 15.4. The van der Waals surface area contributed by atoms with Gasteiger partial charge in [-0.05, 0) is 45.7 Å². The predicted octanol–water partition coefficient (Wildman–Crippen LogP) is 4.64. The molecule has 5 heteroatoms. The number of pyridine rings is 2. The lowest BCUT2D eigenvalue weighted by Gasteiger charge is -2.15. The van der Waals surface area contributed by atoms with Gasteiger partial charge in [0.25, 0.3) is 0 Å². The van der Waals surface area contributed by atoms with Gasteiger partial charge in [-0.15, -0.1) is 5.10 Å². The van der Waals surface area contributed by atoms with Crippen molar-refractivity contribution in [3.63, 3.8) is 0 Å². The van der Waals surface area contributed by atoms with Crippen LogP contribution in [0.2, 0.25) is 0 Å². The third kappa shape index (κ3) is 3.96. The molecule has 0 fully saturated rings. The maximum atomic E-state index is 4.44. The van der Waals surface area contributed by atoms with Gasteiger partial charge in [0.05, 0.1) is 12.2 Å². The van der Waals surface area contributed by atoms with Crippen LogP contribution in [0.5, 0.6) is 0 Å². The quantitative estimate of drug-likeness (QED) is 0.423. The van der Waals surface area contributed by atoms with E-state index < -0.39 is 0 Å². The molecule has 3 aromatic heterocycles. The minimum absolute atomic E-state index is 0.137. The van der Waals surface area contributed by atoms with Crippen LogP contribution in [0.25, 0.3) is 10.8 Å². The smallest absolute Gasteiger partial charge is 0.0836 e. The number of hydrogen-bond donors (Lipinski definition) is 0. The van der Waals surface area contributed by atoms with Gasteiger partial charge in [-0.2, -0.15) is 0 Å². The topological polar surface area (TPSA) is 56.5 Å². The molecular formula is C25H21N5. The van der Waals surface area contributed by atoms with Crippen molar-refractivity contribution < 1.29 is 0 Å². The summed E-state index contributed by atoms with van der Waals surface area (Å²) in [6, 6.07) is 23.1. The maximum Gasteiger partial charge on any atom is 0.0836 e. The van der Waals surface area contributed by atoms with Gasteiger partial charge < -0.3 is 0 Å². The van der Waals surface area contributed by atoms with Gasteiger partial charge in [0.2, 0.25) is 0 Å². The summed E-state index contributed by atoms with van der Waals surface area (Å²) in [5, 5.41) is 11.3. The van der Waals surface area contributed by atoms with Crippen LogP contribution in [-0.4, -0.2) is 25.0 Å². The zero-order valence-electron chi connectivity index (χ0n) is 16.5. The molecule has 0 saturated heterocycles. The van der Waals surface area contributed by atoms with Gasteiger partial charge in [0, 0.05) is 43.3 Å². The first-order valence-corrected chi connectivity index (χ1v) is 10.0.